The Balaban J connectivity index is 1.54. The number of rotatable bonds is 5. The highest BCUT2D eigenvalue weighted by atomic mass is 32.1. The molecule has 6 nitrogen and oxygen atoms in total. The Morgan fingerprint density at radius 1 is 1.17 bits per heavy atom. The summed E-state index contributed by atoms with van der Waals surface area (Å²) < 4.78 is 0. The first-order valence-corrected chi connectivity index (χ1v) is 8.82. The van der Waals surface area contributed by atoms with E-state index in [4.69, 9.17) is 0 Å². The number of amides is 2. The second kappa shape index (κ2) is 7.33. The zero-order chi connectivity index (χ0) is 16.9. The van der Waals surface area contributed by atoms with Gasteiger partial charge in [0.1, 0.15) is 0 Å². The van der Waals surface area contributed by atoms with Gasteiger partial charge in [0.05, 0.1) is 17.1 Å². The standard InChI is InChI=1S/C16H14N4O2S2/c1-10-2-3-13(24-10)15(22)18-8-14(21)20-16-19-12(9-23-16)11-4-6-17-7-5-11/h2-7,9H,8H2,1H3,(H,18,22)(H,19,20,21). The number of aryl methyl sites for hydroxylation is 1. The van der Waals surface area contributed by atoms with Crippen LogP contribution in [-0.4, -0.2) is 28.3 Å². The molecule has 0 bridgehead atoms. The first-order valence-electron chi connectivity index (χ1n) is 7.12. The third kappa shape index (κ3) is 4.03. The minimum absolute atomic E-state index is 0.0973. The van der Waals surface area contributed by atoms with Crippen molar-refractivity contribution in [2.45, 2.75) is 6.92 Å². The maximum Gasteiger partial charge on any atom is 0.261 e. The molecule has 3 heterocycles. The third-order valence-electron chi connectivity index (χ3n) is 3.10. The summed E-state index contributed by atoms with van der Waals surface area (Å²) >= 11 is 2.73. The van der Waals surface area contributed by atoms with E-state index in [1.165, 1.54) is 22.7 Å². The van der Waals surface area contributed by atoms with Gasteiger partial charge in [-0.15, -0.1) is 22.7 Å². The maximum absolute atomic E-state index is 11.9. The van der Waals surface area contributed by atoms with E-state index in [2.05, 4.69) is 20.6 Å². The number of thiophene rings is 1. The summed E-state index contributed by atoms with van der Waals surface area (Å²) in [6.45, 7) is 1.83. The summed E-state index contributed by atoms with van der Waals surface area (Å²) in [5.41, 5.74) is 1.71. The molecule has 2 N–H and O–H groups in total. The number of hydrogen-bond donors (Lipinski definition) is 2. The Morgan fingerprint density at radius 3 is 2.67 bits per heavy atom. The van der Waals surface area contributed by atoms with Crippen LogP contribution < -0.4 is 10.6 Å². The minimum atomic E-state index is -0.313. The fourth-order valence-electron chi connectivity index (χ4n) is 1.95. The fourth-order valence-corrected chi connectivity index (χ4v) is 3.47. The first kappa shape index (κ1) is 16.3. The second-order valence-electron chi connectivity index (χ2n) is 4.91. The summed E-state index contributed by atoms with van der Waals surface area (Å²) in [4.78, 5) is 33.8. The molecule has 0 atom stereocenters. The van der Waals surface area contributed by atoms with E-state index < -0.39 is 0 Å². The number of anilines is 1. The Hall–Kier alpha value is -2.58. The molecule has 24 heavy (non-hydrogen) atoms. The lowest BCUT2D eigenvalue weighted by molar-refractivity contribution is -0.115. The lowest BCUT2D eigenvalue weighted by Gasteiger charge is -2.03. The van der Waals surface area contributed by atoms with Gasteiger partial charge in [-0.05, 0) is 31.2 Å². The largest absolute Gasteiger partial charge is 0.342 e. The molecule has 0 aliphatic carbocycles. The van der Waals surface area contributed by atoms with Gasteiger partial charge in [0.15, 0.2) is 5.13 Å². The molecule has 0 saturated heterocycles. The number of nitrogens with zero attached hydrogens (tertiary/aromatic N) is 2. The average molecular weight is 358 g/mol. The van der Waals surface area contributed by atoms with Gasteiger partial charge in [-0.2, -0.15) is 0 Å². The normalized spacial score (nSPS) is 10.4. The van der Waals surface area contributed by atoms with Gasteiger partial charge in [0, 0.05) is 28.2 Å². The minimum Gasteiger partial charge on any atom is -0.342 e. The SMILES string of the molecule is Cc1ccc(C(=O)NCC(=O)Nc2nc(-c3ccncc3)cs2)s1. The van der Waals surface area contributed by atoms with Crippen LogP contribution in [0.4, 0.5) is 5.13 Å². The van der Waals surface area contributed by atoms with Crippen molar-refractivity contribution in [3.05, 3.63) is 51.8 Å². The molecule has 0 saturated carbocycles. The summed E-state index contributed by atoms with van der Waals surface area (Å²) in [5, 5.41) is 7.64. The van der Waals surface area contributed by atoms with E-state index in [0.717, 1.165) is 16.1 Å². The van der Waals surface area contributed by atoms with Crippen LogP contribution in [-0.2, 0) is 4.79 Å². The Labute approximate surface area is 146 Å². The quantitative estimate of drug-likeness (QED) is 0.734. The monoisotopic (exact) mass is 358 g/mol. The lowest BCUT2D eigenvalue weighted by Crippen LogP contribution is -2.32. The molecular formula is C16H14N4O2S2. The zero-order valence-electron chi connectivity index (χ0n) is 12.8. The van der Waals surface area contributed by atoms with E-state index in [1.54, 1.807) is 18.5 Å². The summed E-state index contributed by atoms with van der Waals surface area (Å²) in [7, 11) is 0. The molecule has 8 heteroatoms. The molecule has 122 valence electrons. The van der Waals surface area contributed by atoms with Gasteiger partial charge in [-0.3, -0.25) is 14.6 Å². The van der Waals surface area contributed by atoms with Crippen LogP contribution in [0.1, 0.15) is 14.5 Å². The number of carbonyl (C=O) groups excluding carboxylic acids is 2. The van der Waals surface area contributed by atoms with Crippen LogP contribution in [0.3, 0.4) is 0 Å². The molecule has 0 unspecified atom stereocenters. The van der Waals surface area contributed by atoms with Crippen molar-refractivity contribution in [3.8, 4) is 11.3 Å². The van der Waals surface area contributed by atoms with Crippen molar-refractivity contribution in [1.82, 2.24) is 15.3 Å². The molecule has 0 spiro atoms. The van der Waals surface area contributed by atoms with Crippen molar-refractivity contribution in [1.29, 1.82) is 0 Å². The van der Waals surface area contributed by atoms with Crippen LogP contribution in [0.15, 0.2) is 42.0 Å². The Bertz CT molecular complexity index is 858. The van der Waals surface area contributed by atoms with E-state index in [-0.39, 0.29) is 18.4 Å². The number of nitrogens with one attached hydrogen (secondary N) is 2. The van der Waals surface area contributed by atoms with E-state index in [1.807, 2.05) is 30.5 Å². The van der Waals surface area contributed by atoms with Crippen molar-refractivity contribution in [2.75, 3.05) is 11.9 Å². The molecule has 0 radical (unpaired) electrons. The summed E-state index contributed by atoms with van der Waals surface area (Å²) in [5.74, 6) is -0.563. The Kier molecular flexibility index (Phi) is 4.97. The van der Waals surface area contributed by atoms with E-state index in [0.29, 0.717) is 10.0 Å². The summed E-state index contributed by atoms with van der Waals surface area (Å²) in [6, 6.07) is 7.32. The molecule has 0 aliphatic heterocycles. The van der Waals surface area contributed by atoms with Crippen molar-refractivity contribution < 1.29 is 9.59 Å². The van der Waals surface area contributed by atoms with Crippen LogP contribution in [0.25, 0.3) is 11.3 Å². The van der Waals surface area contributed by atoms with Crippen molar-refractivity contribution >= 4 is 39.6 Å². The smallest absolute Gasteiger partial charge is 0.261 e. The van der Waals surface area contributed by atoms with Gasteiger partial charge in [0.25, 0.3) is 5.91 Å². The molecule has 0 aromatic carbocycles. The summed E-state index contributed by atoms with van der Waals surface area (Å²) in [6.07, 6.45) is 3.38. The third-order valence-corrected chi connectivity index (χ3v) is 4.86. The van der Waals surface area contributed by atoms with Crippen LogP contribution in [0, 0.1) is 6.92 Å². The molecule has 2 amide bonds. The average Bonchev–Trinajstić information content (AvgIpc) is 3.23. The lowest BCUT2D eigenvalue weighted by atomic mass is 10.2. The van der Waals surface area contributed by atoms with Gasteiger partial charge in [-0.25, -0.2) is 4.98 Å². The molecule has 3 aromatic heterocycles. The molecule has 3 aromatic rings. The number of thiazole rings is 1. The molecule has 0 fully saturated rings. The second-order valence-corrected chi connectivity index (χ2v) is 7.06. The van der Waals surface area contributed by atoms with Crippen molar-refractivity contribution in [2.24, 2.45) is 0 Å². The maximum atomic E-state index is 11.9. The van der Waals surface area contributed by atoms with Crippen LogP contribution in [0.2, 0.25) is 0 Å². The fraction of sp³-hybridized carbons (Fsp3) is 0.125. The first-order chi connectivity index (χ1) is 11.6. The number of aromatic nitrogens is 2. The van der Waals surface area contributed by atoms with Crippen LogP contribution >= 0.6 is 22.7 Å². The number of pyridine rings is 1. The highest BCUT2D eigenvalue weighted by Gasteiger charge is 2.11. The predicted octanol–water partition coefficient (Wildman–Crippen LogP) is 2.94. The van der Waals surface area contributed by atoms with E-state index >= 15 is 0 Å². The number of hydrogen-bond acceptors (Lipinski definition) is 6. The molecule has 0 aliphatic rings. The van der Waals surface area contributed by atoms with Crippen LogP contribution in [0.5, 0.6) is 0 Å². The molecular weight excluding hydrogens is 344 g/mol. The highest BCUT2D eigenvalue weighted by molar-refractivity contribution is 7.14. The van der Waals surface area contributed by atoms with Gasteiger partial charge >= 0.3 is 0 Å². The van der Waals surface area contributed by atoms with Gasteiger partial charge in [0.2, 0.25) is 5.91 Å². The van der Waals surface area contributed by atoms with Crippen molar-refractivity contribution in [3.63, 3.8) is 0 Å². The topological polar surface area (TPSA) is 84.0 Å². The van der Waals surface area contributed by atoms with E-state index in [9.17, 15) is 9.59 Å². The zero-order valence-corrected chi connectivity index (χ0v) is 14.4. The van der Waals surface area contributed by atoms with Gasteiger partial charge < -0.3 is 10.6 Å². The van der Waals surface area contributed by atoms with Gasteiger partial charge in [-0.1, -0.05) is 0 Å². The predicted molar refractivity (Wildman–Crippen MR) is 95.4 cm³/mol. The molecule has 3 rings (SSSR count). The highest BCUT2D eigenvalue weighted by Crippen LogP contribution is 2.24. The Morgan fingerprint density at radius 2 is 1.96 bits per heavy atom. The number of carbonyl (C=O) groups is 2.